The molecule has 0 aliphatic carbocycles. The summed E-state index contributed by atoms with van der Waals surface area (Å²) < 4.78 is 28.7. The van der Waals surface area contributed by atoms with Crippen LogP contribution in [0.1, 0.15) is 37.9 Å². The monoisotopic (exact) mass is 536 g/mol. The van der Waals surface area contributed by atoms with Gasteiger partial charge in [-0.2, -0.15) is 0 Å². The Morgan fingerprint density at radius 2 is 1.95 bits per heavy atom. The summed E-state index contributed by atoms with van der Waals surface area (Å²) in [5.41, 5.74) is 1.66. The van der Waals surface area contributed by atoms with Gasteiger partial charge >= 0.3 is 11.9 Å². The highest BCUT2D eigenvalue weighted by atomic mass is 32.1. The van der Waals surface area contributed by atoms with Crippen molar-refractivity contribution >= 4 is 29.4 Å². The third-order valence-corrected chi connectivity index (χ3v) is 6.95. The van der Waals surface area contributed by atoms with Crippen molar-refractivity contribution in [2.75, 3.05) is 20.5 Å². The number of nitrogens with zero attached hydrogens (tertiary/aromatic N) is 2. The lowest BCUT2D eigenvalue weighted by Gasteiger charge is -2.25. The zero-order valence-electron chi connectivity index (χ0n) is 21.1. The third kappa shape index (κ3) is 4.56. The first-order chi connectivity index (χ1) is 18.3. The fourth-order valence-electron chi connectivity index (χ4n) is 4.35. The number of ether oxygens (including phenoxy) is 5. The van der Waals surface area contributed by atoms with Gasteiger partial charge in [-0.3, -0.25) is 14.2 Å². The van der Waals surface area contributed by atoms with Gasteiger partial charge in [-0.1, -0.05) is 23.5 Å². The average Bonchev–Trinajstić information content (AvgIpc) is 3.47. The van der Waals surface area contributed by atoms with E-state index in [4.69, 9.17) is 23.7 Å². The maximum atomic E-state index is 13.8. The lowest BCUT2D eigenvalue weighted by Crippen LogP contribution is -2.40. The Labute approximate surface area is 221 Å². The maximum Gasteiger partial charge on any atom is 0.338 e. The fraction of sp³-hybridized carbons (Fsp3) is 0.259. The molecule has 2 aliphatic heterocycles. The first kappa shape index (κ1) is 25.3. The summed E-state index contributed by atoms with van der Waals surface area (Å²) in [6, 6.07) is 9.45. The minimum Gasteiger partial charge on any atom is -0.493 e. The number of methoxy groups -OCH3 is 1. The topological polar surface area (TPSA) is 115 Å². The van der Waals surface area contributed by atoms with E-state index in [1.807, 2.05) is 6.07 Å². The van der Waals surface area contributed by atoms with Crippen LogP contribution in [0.25, 0.3) is 6.08 Å². The van der Waals surface area contributed by atoms with Crippen molar-refractivity contribution in [2.24, 2.45) is 4.99 Å². The summed E-state index contributed by atoms with van der Waals surface area (Å²) in [5, 5.41) is 0. The number of hydrogen-bond acceptors (Lipinski definition) is 10. The molecular formula is C27H24N2O8S. The van der Waals surface area contributed by atoms with Crippen LogP contribution in [0.5, 0.6) is 23.0 Å². The Morgan fingerprint density at radius 3 is 2.68 bits per heavy atom. The lowest BCUT2D eigenvalue weighted by molar-refractivity contribution is -0.139. The van der Waals surface area contributed by atoms with E-state index in [2.05, 4.69) is 4.99 Å². The third-order valence-electron chi connectivity index (χ3n) is 5.97. The van der Waals surface area contributed by atoms with Crippen LogP contribution in [-0.2, 0) is 14.3 Å². The number of hydrogen-bond donors (Lipinski definition) is 0. The molecule has 11 heteroatoms. The van der Waals surface area contributed by atoms with Crippen LogP contribution in [0.3, 0.4) is 0 Å². The number of aromatic nitrogens is 1. The number of carbonyl (C=O) groups is 2. The van der Waals surface area contributed by atoms with Gasteiger partial charge in [-0.15, -0.1) is 0 Å². The molecule has 2 aromatic carbocycles. The Bertz CT molecular complexity index is 1670. The van der Waals surface area contributed by atoms with Gasteiger partial charge in [0.05, 0.1) is 35.6 Å². The minimum absolute atomic E-state index is 0.149. The van der Waals surface area contributed by atoms with E-state index in [-0.39, 0.29) is 36.0 Å². The van der Waals surface area contributed by atoms with Crippen LogP contribution in [-0.4, -0.2) is 37.0 Å². The van der Waals surface area contributed by atoms with E-state index < -0.39 is 18.0 Å². The number of thiazole rings is 1. The highest BCUT2D eigenvalue weighted by molar-refractivity contribution is 7.07. The van der Waals surface area contributed by atoms with Crippen LogP contribution in [0.4, 0.5) is 0 Å². The second kappa shape index (κ2) is 10.2. The van der Waals surface area contributed by atoms with Crippen LogP contribution in [0, 0.1) is 0 Å². The molecule has 0 amide bonds. The summed E-state index contributed by atoms with van der Waals surface area (Å²) in [4.78, 5) is 43.4. The molecule has 1 atom stereocenters. The van der Waals surface area contributed by atoms with Crippen molar-refractivity contribution in [1.82, 2.24) is 4.57 Å². The van der Waals surface area contributed by atoms with E-state index in [0.717, 1.165) is 5.56 Å². The van der Waals surface area contributed by atoms with Crippen LogP contribution in [0.15, 0.2) is 57.5 Å². The first-order valence-electron chi connectivity index (χ1n) is 11.8. The number of allylic oxidation sites excluding steroid dienone is 1. The molecule has 0 spiro atoms. The molecule has 0 saturated carbocycles. The summed E-state index contributed by atoms with van der Waals surface area (Å²) in [6.45, 7) is 5.01. The van der Waals surface area contributed by atoms with E-state index in [1.165, 1.54) is 29.9 Å². The molecule has 196 valence electrons. The van der Waals surface area contributed by atoms with Crippen molar-refractivity contribution in [3.63, 3.8) is 0 Å². The second-order valence-corrected chi connectivity index (χ2v) is 9.43. The number of esters is 2. The Hall–Kier alpha value is -4.38. The predicted octanol–water partition coefficient (Wildman–Crippen LogP) is 2.46. The molecular weight excluding hydrogens is 512 g/mol. The second-order valence-electron chi connectivity index (χ2n) is 8.42. The molecule has 0 radical (unpaired) electrons. The summed E-state index contributed by atoms with van der Waals surface area (Å²) in [5.74, 6) is 0.659. The summed E-state index contributed by atoms with van der Waals surface area (Å²) >= 11 is 1.21. The normalized spacial score (nSPS) is 16.1. The van der Waals surface area contributed by atoms with E-state index in [9.17, 15) is 14.4 Å². The maximum absolute atomic E-state index is 13.8. The average molecular weight is 537 g/mol. The van der Waals surface area contributed by atoms with Gasteiger partial charge in [0.15, 0.2) is 27.8 Å². The zero-order chi connectivity index (χ0) is 27.0. The smallest absolute Gasteiger partial charge is 0.338 e. The lowest BCUT2D eigenvalue weighted by atomic mass is 9.95. The molecule has 3 heterocycles. The number of fused-ring (bicyclic) bond motifs is 2. The Kier molecular flexibility index (Phi) is 6.77. The largest absolute Gasteiger partial charge is 0.493 e. The van der Waals surface area contributed by atoms with Crippen molar-refractivity contribution in [1.29, 1.82) is 0 Å². The first-order valence-corrected chi connectivity index (χ1v) is 12.6. The van der Waals surface area contributed by atoms with Gasteiger partial charge < -0.3 is 23.7 Å². The Balaban J connectivity index is 1.69. The van der Waals surface area contributed by atoms with Crippen LogP contribution in [0.2, 0.25) is 0 Å². The van der Waals surface area contributed by atoms with Crippen molar-refractivity contribution in [3.05, 3.63) is 78.5 Å². The molecule has 38 heavy (non-hydrogen) atoms. The molecule has 1 aromatic heterocycles. The molecule has 5 rings (SSSR count). The zero-order valence-corrected chi connectivity index (χ0v) is 21.9. The highest BCUT2D eigenvalue weighted by Gasteiger charge is 2.34. The molecule has 0 bridgehead atoms. The van der Waals surface area contributed by atoms with E-state index in [0.29, 0.717) is 32.1 Å². The molecule has 1 unspecified atom stereocenters. The molecule has 10 nitrogen and oxygen atoms in total. The standard InChI is InChI=1S/C27H24N2O8S/c1-5-34-26(32)23-14(2)28-27-29(24(23)17-7-9-19(37-15(3)30)20(12-17)33-4)25(31)22(38-27)11-16-6-8-18-21(10-16)36-13-35-18/h6-12,24H,5,13H2,1-4H3/b22-11+. The quantitative estimate of drug-likeness (QED) is 0.349. The molecule has 2 aliphatic rings. The number of benzene rings is 2. The number of carbonyl (C=O) groups excluding carboxylic acids is 2. The summed E-state index contributed by atoms with van der Waals surface area (Å²) in [6.07, 6.45) is 1.75. The molecule has 0 saturated heterocycles. The van der Waals surface area contributed by atoms with Crippen molar-refractivity contribution in [2.45, 2.75) is 26.8 Å². The van der Waals surface area contributed by atoms with Gasteiger partial charge in [-0.25, -0.2) is 9.79 Å². The fourth-order valence-corrected chi connectivity index (χ4v) is 5.40. The van der Waals surface area contributed by atoms with Crippen LogP contribution < -0.4 is 33.8 Å². The van der Waals surface area contributed by atoms with E-state index >= 15 is 0 Å². The van der Waals surface area contributed by atoms with Crippen molar-refractivity contribution in [3.8, 4) is 23.0 Å². The number of rotatable bonds is 6. The summed E-state index contributed by atoms with van der Waals surface area (Å²) in [7, 11) is 1.44. The SMILES string of the molecule is CCOC(=O)C1=C(C)N=c2s/c(=C/c3ccc4c(c3)OCO4)c(=O)n2C1c1ccc(OC(C)=O)c(OC)c1. The predicted molar refractivity (Wildman–Crippen MR) is 137 cm³/mol. The molecule has 0 fully saturated rings. The van der Waals surface area contributed by atoms with Gasteiger partial charge in [0.25, 0.3) is 5.56 Å². The van der Waals surface area contributed by atoms with Crippen LogP contribution >= 0.6 is 11.3 Å². The van der Waals surface area contributed by atoms with E-state index in [1.54, 1.807) is 50.3 Å². The van der Waals surface area contributed by atoms with Gasteiger partial charge in [0.2, 0.25) is 6.79 Å². The molecule has 0 N–H and O–H groups in total. The van der Waals surface area contributed by atoms with Gasteiger partial charge in [-0.05, 0) is 55.3 Å². The minimum atomic E-state index is -0.843. The van der Waals surface area contributed by atoms with Crippen molar-refractivity contribution < 1.29 is 33.3 Å². The van der Waals surface area contributed by atoms with Gasteiger partial charge in [0, 0.05) is 6.92 Å². The Morgan fingerprint density at radius 1 is 1.16 bits per heavy atom. The molecule has 3 aromatic rings. The highest BCUT2D eigenvalue weighted by Crippen LogP contribution is 2.36. The van der Waals surface area contributed by atoms with Gasteiger partial charge in [0.1, 0.15) is 0 Å².